The predicted molar refractivity (Wildman–Crippen MR) is 58.8 cm³/mol. The van der Waals surface area contributed by atoms with Crippen LogP contribution in [0, 0.1) is 18.3 Å². The molecule has 0 N–H and O–H groups in total. The monoisotopic (exact) mass is 216 g/mol. The Morgan fingerprint density at radius 2 is 2.25 bits per heavy atom. The number of epoxide rings is 1. The Morgan fingerprint density at radius 1 is 1.56 bits per heavy atom. The predicted octanol–water partition coefficient (Wildman–Crippen LogP) is 1.49. The maximum absolute atomic E-state index is 11.6. The number of carbonyl (C=O) groups excluding carboxylic acids is 1. The molecular weight excluding hydrogens is 204 g/mol. The number of ether oxygens (including phenoxy) is 2. The standard InChI is InChI=1S/C13H12O3/c1-2-10(12-9-15-12)8-16-13(14)11-6-4-3-5-7-11/h1,3-7,10,12H,8-9H2. The fraction of sp³-hybridized carbons (Fsp3) is 0.308. The summed E-state index contributed by atoms with van der Waals surface area (Å²) < 4.78 is 10.2. The van der Waals surface area contributed by atoms with Crippen LogP contribution >= 0.6 is 0 Å². The molecule has 0 spiro atoms. The highest BCUT2D eigenvalue weighted by molar-refractivity contribution is 5.89. The molecule has 16 heavy (non-hydrogen) atoms. The molecule has 0 radical (unpaired) electrons. The number of esters is 1. The normalized spacial score (nSPS) is 19.6. The van der Waals surface area contributed by atoms with Gasteiger partial charge in [-0.05, 0) is 12.1 Å². The number of rotatable bonds is 4. The van der Waals surface area contributed by atoms with Gasteiger partial charge in [-0.1, -0.05) is 24.1 Å². The van der Waals surface area contributed by atoms with Crippen LogP contribution in [-0.4, -0.2) is 25.3 Å². The molecule has 82 valence electrons. The molecule has 1 aromatic carbocycles. The van der Waals surface area contributed by atoms with Crippen molar-refractivity contribution in [1.82, 2.24) is 0 Å². The summed E-state index contributed by atoms with van der Waals surface area (Å²) in [4.78, 5) is 11.6. The number of hydrogen-bond acceptors (Lipinski definition) is 3. The molecule has 2 rings (SSSR count). The zero-order valence-corrected chi connectivity index (χ0v) is 8.76. The fourth-order valence-electron chi connectivity index (χ4n) is 1.37. The van der Waals surface area contributed by atoms with Gasteiger partial charge in [-0.25, -0.2) is 4.79 Å². The maximum Gasteiger partial charge on any atom is 0.338 e. The van der Waals surface area contributed by atoms with Crippen molar-refractivity contribution in [3.63, 3.8) is 0 Å². The van der Waals surface area contributed by atoms with E-state index in [0.717, 1.165) is 0 Å². The summed E-state index contributed by atoms with van der Waals surface area (Å²) in [5, 5.41) is 0. The van der Waals surface area contributed by atoms with Crippen molar-refractivity contribution in [2.45, 2.75) is 6.10 Å². The van der Waals surface area contributed by atoms with Gasteiger partial charge in [-0.15, -0.1) is 6.42 Å². The van der Waals surface area contributed by atoms with Crippen LogP contribution in [0.2, 0.25) is 0 Å². The van der Waals surface area contributed by atoms with Gasteiger partial charge in [0.1, 0.15) is 6.61 Å². The number of hydrogen-bond donors (Lipinski definition) is 0. The lowest BCUT2D eigenvalue weighted by Crippen LogP contribution is -2.17. The molecule has 1 aliphatic rings. The van der Waals surface area contributed by atoms with Crippen LogP contribution in [-0.2, 0) is 9.47 Å². The maximum atomic E-state index is 11.6. The molecule has 0 aromatic heterocycles. The lowest BCUT2D eigenvalue weighted by Gasteiger charge is -2.08. The van der Waals surface area contributed by atoms with E-state index < -0.39 is 0 Å². The lowest BCUT2D eigenvalue weighted by atomic mass is 10.1. The van der Waals surface area contributed by atoms with Gasteiger partial charge in [0.05, 0.1) is 24.2 Å². The second kappa shape index (κ2) is 4.82. The quantitative estimate of drug-likeness (QED) is 0.435. The highest BCUT2D eigenvalue weighted by atomic mass is 16.6. The highest BCUT2D eigenvalue weighted by Crippen LogP contribution is 2.20. The first-order chi connectivity index (χ1) is 7.81. The Kier molecular flexibility index (Phi) is 3.23. The Hall–Kier alpha value is -1.79. The van der Waals surface area contributed by atoms with E-state index in [1.54, 1.807) is 24.3 Å². The van der Waals surface area contributed by atoms with E-state index in [9.17, 15) is 4.79 Å². The van der Waals surface area contributed by atoms with Crippen molar-refractivity contribution >= 4 is 5.97 Å². The molecule has 1 aromatic rings. The minimum Gasteiger partial charge on any atom is -0.461 e. The molecule has 1 aliphatic heterocycles. The molecule has 0 bridgehead atoms. The average Bonchev–Trinajstić information content (AvgIpc) is 3.15. The Labute approximate surface area is 94.4 Å². The van der Waals surface area contributed by atoms with E-state index >= 15 is 0 Å². The van der Waals surface area contributed by atoms with Crippen LogP contribution < -0.4 is 0 Å². The van der Waals surface area contributed by atoms with Crippen molar-refractivity contribution in [1.29, 1.82) is 0 Å². The van der Waals surface area contributed by atoms with Crippen LogP contribution in [0.25, 0.3) is 0 Å². The third-order valence-corrected chi connectivity index (χ3v) is 2.43. The SMILES string of the molecule is C#CC(COC(=O)c1ccccc1)C1CO1. The third-order valence-electron chi connectivity index (χ3n) is 2.43. The second-order valence-electron chi connectivity index (χ2n) is 3.61. The van der Waals surface area contributed by atoms with E-state index in [-0.39, 0.29) is 24.6 Å². The average molecular weight is 216 g/mol. The Balaban J connectivity index is 1.86. The lowest BCUT2D eigenvalue weighted by molar-refractivity contribution is 0.0455. The summed E-state index contributed by atoms with van der Waals surface area (Å²) >= 11 is 0. The molecule has 1 heterocycles. The zero-order valence-electron chi connectivity index (χ0n) is 8.76. The Bertz CT molecular complexity index is 401. The van der Waals surface area contributed by atoms with Crippen molar-refractivity contribution in [2.24, 2.45) is 5.92 Å². The smallest absolute Gasteiger partial charge is 0.338 e. The third kappa shape index (κ3) is 2.62. The van der Waals surface area contributed by atoms with Gasteiger partial charge in [0.15, 0.2) is 0 Å². The number of benzene rings is 1. The van der Waals surface area contributed by atoms with E-state index in [1.807, 2.05) is 6.07 Å². The Morgan fingerprint density at radius 3 is 2.81 bits per heavy atom. The van der Waals surface area contributed by atoms with Gasteiger partial charge in [0.2, 0.25) is 0 Å². The number of terminal acetylenes is 1. The molecule has 0 saturated carbocycles. The molecule has 2 atom stereocenters. The summed E-state index contributed by atoms with van der Waals surface area (Å²) in [6.07, 6.45) is 5.38. The molecule has 3 heteroatoms. The van der Waals surface area contributed by atoms with Crippen molar-refractivity contribution in [3.05, 3.63) is 35.9 Å². The molecule has 1 saturated heterocycles. The minimum atomic E-state index is -0.346. The van der Waals surface area contributed by atoms with Crippen molar-refractivity contribution < 1.29 is 14.3 Å². The summed E-state index contributed by atoms with van der Waals surface area (Å²) in [6.45, 7) is 0.882. The summed E-state index contributed by atoms with van der Waals surface area (Å²) in [5.74, 6) is 2.09. The summed E-state index contributed by atoms with van der Waals surface area (Å²) in [5.41, 5.74) is 0.537. The molecular formula is C13H12O3. The molecule has 2 unspecified atom stereocenters. The van der Waals surface area contributed by atoms with Crippen LogP contribution in [0.5, 0.6) is 0 Å². The van der Waals surface area contributed by atoms with Crippen LogP contribution in [0.15, 0.2) is 30.3 Å². The van der Waals surface area contributed by atoms with Gasteiger partial charge in [0.25, 0.3) is 0 Å². The first-order valence-electron chi connectivity index (χ1n) is 5.11. The fourth-order valence-corrected chi connectivity index (χ4v) is 1.37. The van der Waals surface area contributed by atoms with Gasteiger partial charge in [0, 0.05) is 0 Å². The van der Waals surface area contributed by atoms with Crippen LogP contribution in [0.3, 0.4) is 0 Å². The molecule has 0 aliphatic carbocycles. The highest BCUT2D eigenvalue weighted by Gasteiger charge is 2.32. The van der Waals surface area contributed by atoms with E-state index in [1.165, 1.54) is 0 Å². The molecule has 0 amide bonds. The molecule has 1 fully saturated rings. The van der Waals surface area contributed by atoms with Gasteiger partial charge in [-0.2, -0.15) is 0 Å². The number of carbonyl (C=O) groups is 1. The molecule has 3 nitrogen and oxygen atoms in total. The van der Waals surface area contributed by atoms with E-state index in [0.29, 0.717) is 12.2 Å². The van der Waals surface area contributed by atoms with Gasteiger partial charge < -0.3 is 9.47 Å². The van der Waals surface area contributed by atoms with Crippen molar-refractivity contribution in [2.75, 3.05) is 13.2 Å². The topological polar surface area (TPSA) is 38.8 Å². The summed E-state index contributed by atoms with van der Waals surface area (Å²) in [6, 6.07) is 8.85. The minimum absolute atomic E-state index is 0.0635. The zero-order chi connectivity index (χ0) is 11.4. The van der Waals surface area contributed by atoms with Crippen LogP contribution in [0.4, 0.5) is 0 Å². The summed E-state index contributed by atoms with van der Waals surface area (Å²) in [7, 11) is 0. The first kappa shape index (κ1) is 10.7. The van der Waals surface area contributed by atoms with E-state index in [2.05, 4.69) is 5.92 Å². The first-order valence-corrected chi connectivity index (χ1v) is 5.11. The van der Waals surface area contributed by atoms with Gasteiger partial charge >= 0.3 is 5.97 Å². The van der Waals surface area contributed by atoms with E-state index in [4.69, 9.17) is 15.9 Å². The van der Waals surface area contributed by atoms with Gasteiger partial charge in [-0.3, -0.25) is 0 Å². The van der Waals surface area contributed by atoms with Crippen LogP contribution in [0.1, 0.15) is 10.4 Å². The largest absolute Gasteiger partial charge is 0.461 e. The van der Waals surface area contributed by atoms with Crippen molar-refractivity contribution in [3.8, 4) is 12.3 Å². The second-order valence-corrected chi connectivity index (χ2v) is 3.61.